The lowest BCUT2D eigenvalue weighted by Crippen LogP contribution is -1.96. The zero-order chi connectivity index (χ0) is 22.2. The molecule has 0 saturated heterocycles. The molecule has 3 aromatic carbocycles. The summed E-state index contributed by atoms with van der Waals surface area (Å²) in [5.74, 6) is 1.94. The fourth-order valence-corrected chi connectivity index (χ4v) is 3.03. The molecule has 3 rings (SSSR count). The second-order valence-corrected chi connectivity index (χ2v) is 6.76. The van der Waals surface area contributed by atoms with E-state index in [2.05, 4.69) is 0 Å². The van der Waals surface area contributed by atoms with Gasteiger partial charge in [-0.1, -0.05) is 24.3 Å². The predicted octanol–water partition coefficient (Wildman–Crippen LogP) is 5.36. The minimum atomic E-state index is -0.122. The van der Waals surface area contributed by atoms with E-state index in [0.29, 0.717) is 22.7 Å². The molecule has 0 saturated carbocycles. The van der Waals surface area contributed by atoms with E-state index in [-0.39, 0.29) is 5.78 Å². The zero-order valence-electron chi connectivity index (χ0n) is 17.8. The first-order valence-corrected chi connectivity index (χ1v) is 9.70. The molecule has 0 fully saturated rings. The Morgan fingerprint density at radius 2 is 1.45 bits per heavy atom. The molecule has 2 N–H and O–H groups in total. The molecule has 0 atom stereocenters. The van der Waals surface area contributed by atoms with Gasteiger partial charge >= 0.3 is 0 Å². The first kappa shape index (κ1) is 21.7. The van der Waals surface area contributed by atoms with Gasteiger partial charge in [0.1, 0.15) is 17.2 Å². The summed E-state index contributed by atoms with van der Waals surface area (Å²) >= 11 is 0. The average Bonchev–Trinajstić information content (AvgIpc) is 2.81. The van der Waals surface area contributed by atoms with Gasteiger partial charge < -0.3 is 19.9 Å². The van der Waals surface area contributed by atoms with Crippen molar-refractivity contribution in [2.24, 2.45) is 0 Å². The van der Waals surface area contributed by atoms with Crippen LogP contribution in [0.2, 0.25) is 0 Å². The average molecular weight is 415 g/mol. The minimum absolute atomic E-state index is 0.122. The first-order chi connectivity index (χ1) is 15.0. The van der Waals surface area contributed by atoms with Crippen molar-refractivity contribution in [1.29, 1.82) is 0 Å². The van der Waals surface area contributed by atoms with Gasteiger partial charge in [-0.3, -0.25) is 4.79 Å². The van der Waals surface area contributed by atoms with Crippen molar-refractivity contribution in [2.75, 3.05) is 27.1 Å². The largest absolute Gasteiger partial charge is 0.497 e. The van der Waals surface area contributed by atoms with Gasteiger partial charge in [-0.25, -0.2) is 0 Å². The molecule has 0 aromatic heterocycles. The number of ether oxygens (including phenoxy) is 3. The molecule has 0 radical (unpaired) electrons. The molecule has 0 amide bonds. The van der Waals surface area contributed by atoms with Gasteiger partial charge in [0, 0.05) is 22.9 Å². The summed E-state index contributed by atoms with van der Waals surface area (Å²) in [6.45, 7) is 0. The standard InChI is InChI=1S/C26H25NO4/c1-29-22-12-5-18(6-13-22)4-7-20-16-23(30-2)17-26(31-3)24(20)14-15-25(28)19-8-10-21(27)11-9-19/h4-17H,27H2,1-3H3/b7-4+,15-14+. The number of ketones is 1. The second-order valence-electron chi connectivity index (χ2n) is 6.76. The molecule has 158 valence electrons. The number of nitrogens with two attached hydrogens (primary N) is 1. The molecule has 0 bridgehead atoms. The molecule has 0 unspecified atom stereocenters. The normalized spacial score (nSPS) is 11.1. The number of nitrogen functional groups attached to an aromatic ring is 1. The van der Waals surface area contributed by atoms with Crippen LogP contribution < -0.4 is 19.9 Å². The summed E-state index contributed by atoms with van der Waals surface area (Å²) in [5, 5.41) is 0. The van der Waals surface area contributed by atoms with Gasteiger partial charge in [0.25, 0.3) is 0 Å². The Kier molecular flexibility index (Phi) is 7.12. The molecule has 0 aliphatic carbocycles. The van der Waals surface area contributed by atoms with Crippen molar-refractivity contribution >= 4 is 29.7 Å². The van der Waals surface area contributed by atoms with Crippen LogP contribution in [0.15, 0.2) is 66.7 Å². The summed E-state index contributed by atoms with van der Waals surface area (Å²) in [4.78, 5) is 12.6. The van der Waals surface area contributed by atoms with E-state index in [9.17, 15) is 4.79 Å². The Bertz CT molecular complexity index is 1100. The number of anilines is 1. The summed E-state index contributed by atoms with van der Waals surface area (Å²) < 4.78 is 16.2. The van der Waals surface area contributed by atoms with Gasteiger partial charge in [-0.2, -0.15) is 0 Å². The van der Waals surface area contributed by atoms with E-state index in [1.807, 2.05) is 42.5 Å². The van der Waals surface area contributed by atoms with Crippen LogP contribution >= 0.6 is 0 Å². The van der Waals surface area contributed by atoms with Crippen molar-refractivity contribution in [3.05, 3.63) is 89.0 Å². The van der Waals surface area contributed by atoms with E-state index >= 15 is 0 Å². The van der Waals surface area contributed by atoms with Crippen LogP contribution in [0.3, 0.4) is 0 Å². The van der Waals surface area contributed by atoms with Crippen LogP contribution in [0.4, 0.5) is 5.69 Å². The van der Waals surface area contributed by atoms with Gasteiger partial charge in [0.05, 0.1) is 21.3 Å². The number of methoxy groups -OCH3 is 3. The molecule has 0 aliphatic heterocycles. The maximum atomic E-state index is 12.6. The molecule has 5 heteroatoms. The maximum Gasteiger partial charge on any atom is 0.185 e. The number of carbonyl (C=O) groups excluding carboxylic acids is 1. The monoisotopic (exact) mass is 415 g/mol. The van der Waals surface area contributed by atoms with Gasteiger partial charge in [-0.05, 0) is 65.7 Å². The number of hydrogen-bond donors (Lipinski definition) is 1. The highest BCUT2D eigenvalue weighted by Gasteiger charge is 2.10. The molecule has 0 aliphatic rings. The van der Waals surface area contributed by atoms with Crippen molar-refractivity contribution < 1.29 is 19.0 Å². The Morgan fingerprint density at radius 3 is 2.06 bits per heavy atom. The smallest absolute Gasteiger partial charge is 0.185 e. The molecule has 31 heavy (non-hydrogen) atoms. The van der Waals surface area contributed by atoms with E-state index < -0.39 is 0 Å². The third-order valence-electron chi connectivity index (χ3n) is 4.77. The van der Waals surface area contributed by atoms with E-state index in [1.165, 1.54) is 6.08 Å². The van der Waals surface area contributed by atoms with Crippen LogP contribution in [0.1, 0.15) is 27.0 Å². The van der Waals surface area contributed by atoms with Crippen molar-refractivity contribution in [2.45, 2.75) is 0 Å². The number of hydrogen-bond acceptors (Lipinski definition) is 5. The summed E-state index contributed by atoms with van der Waals surface area (Å²) in [5.41, 5.74) is 9.52. The molecular formula is C26H25NO4. The Labute approximate surface area is 182 Å². The number of rotatable bonds is 8. The van der Waals surface area contributed by atoms with Crippen LogP contribution in [0.5, 0.6) is 17.2 Å². The van der Waals surface area contributed by atoms with Gasteiger partial charge in [0.15, 0.2) is 5.78 Å². The number of allylic oxidation sites excluding steroid dienone is 1. The third kappa shape index (κ3) is 5.54. The summed E-state index contributed by atoms with van der Waals surface area (Å²) in [6.07, 6.45) is 7.22. The zero-order valence-corrected chi connectivity index (χ0v) is 17.8. The van der Waals surface area contributed by atoms with Gasteiger partial charge in [0.2, 0.25) is 0 Å². The van der Waals surface area contributed by atoms with E-state index in [1.54, 1.807) is 57.7 Å². The Morgan fingerprint density at radius 1 is 0.774 bits per heavy atom. The highest BCUT2D eigenvalue weighted by Crippen LogP contribution is 2.31. The van der Waals surface area contributed by atoms with Crippen molar-refractivity contribution in [3.63, 3.8) is 0 Å². The first-order valence-electron chi connectivity index (χ1n) is 9.70. The molecular weight excluding hydrogens is 390 g/mol. The Balaban J connectivity index is 1.96. The summed E-state index contributed by atoms with van der Waals surface area (Å²) in [7, 11) is 4.83. The van der Waals surface area contributed by atoms with Crippen LogP contribution in [-0.4, -0.2) is 27.1 Å². The lowest BCUT2D eigenvalue weighted by molar-refractivity contribution is 0.104. The van der Waals surface area contributed by atoms with E-state index in [4.69, 9.17) is 19.9 Å². The van der Waals surface area contributed by atoms with Crippen LogP contribution in [-0.2, 0) is 0 Å². The van der Waals surface area contributed by atoms with Crippen molar-refractivity contribution in [3.8, 4) is 17.2 Å². The highest BCUT2D eigenvalue weighted by atomic mass is 16.5. The van der Waals surface area contributed by atoms with Crippen LogP contribution in [0, 0.1) is 0 Å². The van der Waals surface area contributed by atoms with Gasteiger partial charge in [-0.15, -0.1) is 0 Å². The third-order valence-corrected chi connectivity index (χ3v) is 4.77. The second kappa shape index (κ2) is 10.2. The van der Waals surface area contributed by atoms with Crippen molar-refractivity contribution in [1.82, 2.24) is 0 Å². The van der Waals surface area contributed by atoms with E-state index in [0.717, 1.165) is 22.4 Å². The predicted molar refractivity (Wildman–Crippen MR) is 126 cm³/mol. The Hall–Kier alpha value is -3.99. The topological polar surface area (TPSA) is 70.8 Å². The highest BCUT2D eigenvalue weighted by molar-refractivity contribution is 6.07. The van der Waals surface area contributed by atoms with Crippen LogP contribution in [0.25, 0.3) is 18.2 Å². The molecule has 3 aromatic rings. The SMILES string of the molecule is COc1ccc(/C=C/c2cc(OC)cc(OC)c2/C=C/C(=O)c2ccc(N)cc2)cc1. The quantitative estimate of drug-likeness (QED) is 0.232. The number of benzene rings is 3. The fraction of sp³-hybridized carbons (Fsp3) is 0.115. The maximum absolute atomic E-state index is 12.6. The lowest BCUT2D eigenvalue weighted by Gasteiger charge is -2.11. The lowest BCUT2D eigenvalue weighted by atomic mass is 10.0. The summed E-state index contributed by atoms with van der Waals surface area (Å²) in [6, 6.07) is 18.2. The fourth-order valence-electron chi connectivity index (χ4n) is 3.03. The molecule has 0 heterocycles. The number of carbonyl (C=O) groups is 1. The molecule has 5 nitrogen and oxygen atoms in total. The minimum Gasteiger partial charge on any atom is -0.497 e. The molecule has 0 spiro atoms.